The first-order valence-electron chi connectivity index (χ1n) is 7.30. The summed E-state index contributed by atoms with van der Waals surface area (Å²) in [7, 11) is 1.99. The minimum atomic E-state index is -0.425. The van der Waals surface area contributed by atoms with Gasteiger partial charge >= 0.3 is 0 Å². The maximum Gasteiger partial charge on any atom is 0.269 e. The van der Waals surface area contributed by atoms with E-state index in [9.17, 15) is 10.1 Å². The average Bonchev–Trinajstić information content (AvgIpc) is 2.95. The van der Waals surface area contributed by atoms with Crippen LogP contribution >= 0.6 is 0 Å². The first kappa shape index (κ1) is 15.4. The SMILES string of the molecule is CN1NN(COc2ccc([N+](=O)[O-])cc2)CC1c1ccccc1. The van der Waals surface area contributed by atoms with Gasteiger partial charge in [0.05, 0.1) is 11.0 Å². The molecule has 120 valence electrons. The fraction of sp³-hybridized carbons (Fsp3) is 0.250. The van der Waals surface area contributed by atoms with E-state index in [1.165, 1.54) is 17.7 Å². The van der Waals surface area contributed by atoms with Crippen LogP contribution in [0.2, 0.25) is 0 Å². The number of nitrogens with one attached hydrogen (secondary N) is 1. The van der Waals surface area contributed by atoms with Crippen molar-refractivity contribution in [3.05, 3.63) is 70.3 Å². The first-order chi connectivity index (χ1) is 11.1. The summed E-state index contributed by atoms with van der Waals surface area (Å²) in [4.78, 5) is 10.2. The van der Waals surface area contributed by atoms with Gasteiger partial charge in [0.1, 0.15) is 5.75 Å². The molecular formula is C16H18N4O3. The quantitative estimate of drug-likeness (QED) is 0.675. The number of benzene rings is 2. The molecule has 1 fully saturated rings. The van der Waals surface area contributed by atoms with E-state index in [4.69, 9.17) is 4.74 Å². The van der Waals surface area contributed by atoms with Crippen LogP contribution in [0.4, 0.5) is 5.69 Å². The zero-order valence-corrected chi connectivity index (χ0v) is 12.8. The number of rotatable bonds is 5. The van der Waals surface area contributed by atoms with Crippen molar-refractivity contribution in [2.24, 2.45) is 0 Å². The van der Waals surface area contributed by atoms with Crippen molar-refractivity contribution in [3.8, 4) is 5.75 Å². The van der Waals surface area contributed by atoms with Gasteiger partial charge in [-0.05, 0) is 17.7 Å². The van der Waals surface area contributed by atoms with Crippen molar-refractivity contribution in [1.29, 1.82) is 0 Å². The van der Waals surface area contributed by atoms with Crippen LogP contribution in [-0.4, -0.2) is 35.3 Å². The van der Waals surface area contributed by atoms with E-state index in [0.29, 0.717) is 12.5 Å². The van der Waals surface area contributed by atoms with Crippen molar-refractivity contribution >= 4 is 5.69 Å². The highest BCUT2D eigenvalue weighted by Crippen LogP contribution is 2.24. The number of ether oxygens (including phenoxy) is 1. The summed E-state index contributed by atoms with van der Waals surface area (Å²) in [6, 6.07) is 16.6. The van der Waals surface area contributed by atoms with E-state index in [0.717, 1.165) is 6.54 Å². The van der Waals surface area contributed by atoms with Crippen molar-refractivity contribution in [3.63, 3.8) is 0 Å². The number of likely N-dealkylation sites (N-methyl/N-ethyl adjacent to an activating group) is 1. The van der Waals surface area contributed by atoms with Gasteiger partial charge in [0, 0.05) is 25.7 Å². The largest absolute Gasteiger partial charge is 0.477 e. The Morgan fingerprint density at radius 3 is 2.57 bits per heavy atom. The number of non-ortho nitro benzene ring substituents is 1. The van der Waals surface area contributed by atoms with Crippen molar-refractivity contribution < 1.29 is 9.66 Å². The molecule has 23 heavy (non-hydrogen) atoms. The second kappa shape index (κ2) is 6.74. The molecule has 1 saturated heterocycles. The lowest BCUT2D eigenvalue weighted by atomic mass is 10.1. The Balaban J connectivity index is 1.56. The van der Waals surface area contributed by atoms with E-state index < -0.39 is 4.92 Å². The zero-order chi connectivity index (χ0) is 16.2. The van der Waals surface area contributed by atoms with Crippen molar-refractivity contribution in [1.82, 2.24) is 15.6 Å². The van der Waals surface area contributed by atoms with E-state index in [2.05, 4.69) is 17.7 Å². The molecule has 0 aliphatic carbocycles. The van der Waals surface area contributed by atoms with Gasteiger partial charge in [0.25, 0.3) is 5.69 Å². The number of nitro groups is 1. The minimum absolute atomic E-state index is 0.0560. The molecule has 2 aromatic carbocycles. The summed E-state index contributed by atoms with van der Waals surface area (Å²) in [6.07, 6.45) is 0. The lowest BCUT2D eigenvalue weighted by Crippen LogP contribution is -2.39. The standard InChI is InChI=1S/C16H18N4O3/c1-18-16(13-5-3-2-4-6-13)11-19(17-18)12-23-15-9-7-14(8-10-15)20(21)22/h2-10,16-17H,11-12H2,1H3. The minimum Gasteiger partial charge on any atom is -0.477 e. The van der Waals surface area contributed by atoms with Crippen LogP contribution in [0.15, 0.2) is 54.6 Å². The highest BCUT2D eigenvalue weighted by molar-refractivity contribution is 5.35. The van der Waals surface area contributed by atoms with E-state index in [-0.39, 0.29) is 11.7 Å². The summed E-state index contributed by atoms with van der Waals surface area (Å²) in [5.41, 5.74) is 4.53. The molecular weight excluding hydrogens is 296 g/mol. The topological polar surface area (TPSA) is 70.9 Å². The molecule has 3 rings (SSSR count). The molecule has 1 aliphatic rings. The fourth-order valence-corrected chi connectivity index (χ4v) is 2.57. The maximum absolute atomic E-state index is 10.6. The van der Waals surface area contributed by atoms with Gasteiger partial charge in [0.15, 0.2) is 6.73 Å². The molecule has 2 aromatic rings. The second-order valence-electron chi connectivity index (χ2n) is 5.38. The number of hydrogen-bond acceptors (Lipinski definition) is 6. The summed E-state index contributed by atoms with van der Waals surface area (Å²) in [5, 5.41) is 14.6. The normalized spacial score (nSPS) is 18.9. The van der Waals surface area contributed by atoms with Gasteiger partial charge in [0.2, 0.25) is 0 Å². The van der Waals surface area contributed by atoms with Crippen LogP contribution in [0, 0.1) is 10.1 Å². The zero-order valence-electron chi connectivity index (χ0n) is 12.8. The maximum atomic E-state index is 10.6. The van der Waals surface area contributed by atoms with Crippen molar-refractivity contribution in [2.75, 3.05) is 20.3 Å². The molecule has 0 radical (unpaired) electrons. The van der Waals surface area contributed by atoms with Crippen LogP contribution in [0.3, 0.4) is 0 Å². The van der Waals surface area contributed by atoms with Gasteiger partial charge in [-0.3, -0.25) is 10.1 Å². The molecule has 0 spiro atoms. The average molecular weight is 314 g/mol. The molecule has 7 nitrogen and oxygen atoms in total. The molecule has 1 aliphatic heterocycles. The molecule has 1 N–H and O–H groups in total. The Kier molecular flexibility index (Phi) is 4.52. The van der Waals surface area contributed by atoms with Crippen molar-refractivity contribution in [2.45, 2.75) is 6.04 Å². The lowest BCUT2D eigenvalue weighted by molar-refractivity contribution is -0.384. The predicted molar refractivity (Wildman–Crippen MR) is 85.4 cm³/mol. The monoisotopic (exact) mass is 314 g/mol. The third kappa shape index (κ3) is 3.65. The predicted octanol–water partition coefficient (Wildman–Crippen LogP) is 2.34. The second-order valence-corrected chi connectivity index (χ2v) is 5.38. The Labute approximate surface area is 134 Å². The molecule has 1 atom stereocenters. The third-order valence-corrected chi connectivity index (χ3v) is 3.78. The van der Waals surface area contributed by atoms with Crippen LogP contribution in [-0.2, 0) is 0 Å². The Bertz CT molecular complexity index is 663. The molecule has 7 heteroatoms. The van der Waals surface area contributed by atoms with E-state index >= 15 is 0 Å². The van der Waals surface area contributed by atoms with Gasteiger partial charge in [-0.2, -0.15) is 10.5 Å². The molecule has 0 aromatic heterocycles. The highest BCUT2D eigenvalue weighted by atomic mass is 16.6. The molecule has 1 heterocycles. The molecule has 0 bridgehead atoms. The Morgan fingerprint density at radius 1 is 1.22 bits per heavy atom. The Hall–Kier alpha value is -2.48. The van der Waals surface area contributed by atoms with Crippen LogP contribution in [0.5, 0.6) is 5.75 Å². The first-order valence-corrected chi connectivity index (χ1v) is 7.30. The van der Waals surface area contributed by atoms with Gasteiger partial charge < -0.3 is 4.74 Å². The fourth-order valence-electron chi connectivity index (χ4n) is 2.57. The van der Waals surface area contributed by atoms with E-state index in [1.807, 2.05) is 35.3 Å². The van der Waals surface area contributed by atoms with Crippen LogP contribution in [0.25, 0.3) is 0 Å². The highest BCUT2D eigenvalue weighted by Gasteiger charge is 2.28. The number of hydrazine groups is 2. The lowest BCUT2D eigenvalue weighted by Gasteiger charge is -2.18. The van der Waals surface area contributed by atoms with Gasteiger partial charge in [-0.1, -0.05) is 30.3 Å². The van der Waals surface area contributed by atoms with Crippen LogP contribution < -0.4 is 10.3 Å². The molecule has 1 unspecified atom stereocenters. The molecule has 0 saturated carbocycles. The third-order valence-electron chi connectivity index (χ3n) is 3.78. The smallest absolute Gasteiger partial charge is 0.269 e. The number of nitrogens with zero attached hydrogens (tertiary/aromatic N) is 3. The summed E-state index contributed by atoms with van der Waals surface area (Å²) >= 11 is 0. The van der Waals surface area contributed by atoms with Crippen LogP contribution in [0.1, 0.15) is 11.6 Å². The van der Waals surface area contributed by atoms with Gasteiger partial charge in [-0.25, -0.2) is 5.01 Å². The van der Waals surface area contributed by atoms with E-state index in [1.54, 1.807) is 12.1 Å². The summed E-state index contributed by atoms with van der Waals surface area (Å²) in [6.45, 7) is 1.14. The Morgan fingerprint density at radius 2 is 1.91 bits per heavy atom. The van der Waals surface area contributed by atoms with Gasteiger partial charge in [-0.15, -0.1) is 0 Å². The summed E-state index contributed by atoms with van der Waals surface area (Å²) < 4.78 is 5.67. The molecule has 0 amide bonds. The summed E-state index contributed by atoms with van der Waals surface area (Å²) in [5.74, 6) is 0.600. The number of hydrogen-bond donors (Lipinski definition) is 1. The number of nitro benzene ring substituents is 1.